The maximum atomic E-state index is 13.2. The number of likely N-dealkylation sites (tertiary alicyclic amines) is 1. The number of hydrogen-bond acceptors (Lipinski definition) is 5. The Balaban J connectivity index is 1.34. The summed E-state index contributed by atoms with van der Waals surface area (Å²) in [4.78, 5) is 15.0. The lowest BCUT2D eigenvalue weighted by Crippen LogP contribution is -2.40. The normalized spacial score (nSPS) is 14.5. The second kappa shape index (κ2) is 16.9. The van der Waals surface area contributed by atoms with E-state index in [1.165, 1.54) is 23.3 Å². The number of phenols is 1. The molecule has 1 amide bonds. The van der Waals surface area contributed by atoms with Crippen LogP contribution in [0.25, 0.3) is 0 Å². The van der Waals surface area contributed by atoms with Crippen LogP contribution in [0.5, 0.6) is 5.75 Å². The summed E-state index contributed by atoms with van der Waals surface area (Å²) < 4.78 is 18.9. The average molecular weight is 572 g/mol. The monoisotopic (exact) mass is 571 g/mol. The number of piperidine rings is 1. The number of carbonyl (C=O) groups is 1. The predicted octanol–water partition coefficient (Wildman–Crippen LogP) is 6.52. The molecule has 0 atom stereocenters. The maximum Gasteiger partial charge on any atom is 0.411 e. The number of carbonyl (C=O) groups excluding carboxylic acids is 1. The quantitative estimate of drug-likeness (QED) is 0.168. The minimum Gasteiger partial charge on any atom is -0.505 e. The van der Waals surface area contributed by atoms with Crippen LogP contribution < -0.4 is 10.6 Å². The Morgan fingerprint density at radius 3 is 2.33 bits per heavy atom. The fourth-order valence-corrected chi connectivity index (χ4v) is 4.63. The Morgan fingerprint density at radius 2 is 1.69 bits per heavy atom. The first-order chi connectivity index (χ1) is 20.3. The summed E-state index contributed by atoms with van der Waals surface area (Å²) in [5.74, 6) is -0.924. The van der Waals surface area contributed by atoms with E-state index in [0.29, 0.717) is 23.4 Å². The third-order valence-corrected chi connectivity index (χ3v) is 7.15. The van der Waals surface area contributed by atoms with Crippen LogP contribution in [0, 0.1) is 5.82 Å². The van der Waals surface area contributed by atoms with Crippen LogP contribution in [0.15, 0.2) is 116 Å². The Hall–Kier alpha value is -4.20. The minimum absolute atomic E-state index is 0.134. The number of hydrogen-bond donors (Lipinski definition) is 3. The van der Waals surface area contributed by atoms with Crippen LogP contribution in [0.2, 0.25) is 0 Å². The molecule has 6 nitrogen and oxygen atoms in total. The number of halogens is 1. The Bertz CT molecular complexity index is 1310. The van der Waals surface area contributed by atoms with Crippen molar-refractivity contribution < 1.29 is 19.0 Å². The number of nitrogens with zero attached hydrogens (tertiary/aromatic N) is 1. The molecule has 1 saturated heterocycles. The number of rotatable bonds is 15. The van der Waals surface area contributed by atoms with Crippen molar-refractivity contribution >= 4 is 6.09 Å². The molecule has 222 valence electrons. The van der Waals surface area contributed by atoms with Gasteiger partial charge in [-0.2, -0.15) is 0 Å². The Kier molecular flexibility index (Phi) is 13.0. The second-order valence-corrected chi connectivity index (χ2v) is 10.3. The summed E-state index contributed by atoms with van der Waals surface area (Å²) in [5, 5.41) is 15.6. The van der Waals surface area contributed by atoms with Gasteiger partial charge in [-0.3, -0.25) is 5.32 Å². The number of phenolic OH excluding ortho intramolecular Hbond substituents is 1. The van der Waals surface area contributed by atoms with E-state index < -0.39 is 11.9 Å². The lowest BCUT2D eigenvalue weighted by molar-refractivity contribution is 0.0527. The molecule has 0 spiro atoms. The molecule has 0 saturated carbocycles. The van der Waals surface area contributed by atoms with Gasteiger partial charge in [-0.25, -0.2) is 9.18 Å². The topological polar surface area (TPSA) is 73.8 Å². The van der Waals surface area contributed by atoms with Crippen molar-refractivity contribution in [3.63, 3.8) is 0 Å². The van der Waals surface area contributed by atoms with E-state index in [1.54, 1.807) is 36.4 Å². The molecule has 2 aromatic carbocycles. The minimum atomic E-state index is -0.604. The standard InChI is InChI=1S/C35H42FN3O3/c1-5-7-9-26(3)27(4)33(8-6-2)38-35(41)42-31-18-22-39(23-19-31)21-17-29-12-10-28(11-13-29)16-20-37-25-30-14-15-32(36)34(40)24-30/h5-15,24,31,37,40H,1-4,16-23,25H2,(H,38,41)/b9-7-,33-8+. The van der Waals surface area contributed by atoms with Gasteiger partial charge in [-0.15, -0.1) is 0 Å². The number of nitrogens with one attached hydrogen (secondary N) is 2. The highest BCUT2D eigenvalue weighted by molar-refractivity contribution is 5.72. The van der Waals surface area contributed by atoms with Crippen LogP contribution in [0.3, 0.4) is 0 Å². The molecule has 1 aliphatic rings. The number of amides is 1. The molecule has 7 heteroatoms. The highest BCUT2D eigenvalue weighted by Crippen LogP contribution is 2.19. The molecule has 2 aromatic rings. The molecular formula is C35H42FN3O3. The average Bonchev–Trinajstić information content (AvgIpc) is 2.99. The van der Waals surface area contributed by atoms with Gasteiger partial charge in [-0.05, 0) is 78.3 Å². The van der Waals surface area contributed by atoms with E-state index in [2.05, 4.69) is 66.1 Å². The van der Waals surface area contributed by atoms with Gasteiger partial charge < -0.3 is 20.1 Å². The van der Waals surface area contributed by atoms with Gasteiger partial charge in [-0.1, -0.05) is 81.0 Å². The van der Waals surface area contributed by atoms with Crippen molar-refractivity contribution in [3.8, 4) is 5.75 Å². The van der Waals surface area contributed by atoms with Gasteiger partial charge >= 0.3 is 6.09 Å². The second-order valence-electron chi connectivity index (χ2n) is 10.3. The van der Waals surface area contributed by atoms with Crippen molar-refractivity contribution in [2.24, 2.45) is 0 Å². The van der Waals surface area contributed by atoms with Gasteiger partial charge in [0.25, 0.3) is 0 Å². The zero-order chi connectivity index (χ0) is 30.3. The number of benzene rings is 2. The first kappa shape index (κ1) is 32.3. The van der Waals surface area contributed by atoms with Gasteiger partial charge in [0.15, 0.2) is 11.6 Å². The van der Waals surface area contributed by atoms with Gasteiger partial charge in [0.05, 0.1) is 5.70 Å². The number of allylic oxidation sites excluding steroid dienone is 6. The molecule has 3 N–H and O–H groups in total. The fourth-order valence-electron chi connectivity index (χ4n) is 4.63. The van der Waals surface area contributed by atoms with Gasteiger partial charge in [0.2, 0.25) is 0 Å². The molecule has 3 rings (SSSR count). The first-order valence-corrected chi connectivity index (χ1v) is 14.2. The molecule has 0 bridgehead atoms. The summed E-state index contributed by atoms with van der Waals surface area (Å²) in [5.41, 5.74) is 5.12. The molecule has 0 aromatic heterocycles. The maximum absolute atomic E-state index is 13.2. The number of aromatic hydroxyl groups is 1. The van der Waals surface area contributed by atoms with Crippen LogP contribution in [-0.4, -0.2) is 48.4 Å². The van der Waals surface area contributed by atoms with Crippen LogP contribution in [0.4, 0.5) is 9.18 Å². The predicted molar refractivity (Wildman–Crippen MR) is 169 cm³/mol. The smallest absolute Gasteiger partial charge is 0.411 e. The highest BCUT2D eigenvalue weighted by Gasteiger charge is 2.23. The molecule has 0 aliphatic carbocycles. The summed E-state index contributed by atoms with van der Waals surface area (Å²) in [6, 6.07) is 13.1. The third kappa shape index (κ3) is 10.7. The molecule has 1 aliphatic heterocycles. The zero-order valence-electron chi connectivity index (χ0n) is 24.3. The van der Waals surface area contributed by atoms with Crippen molar-refractivity contribution in [3.05, 3.63) is 139 Å². The number of ether oxygens (including phenoxy) is 1. The zero-order valence-corrected chi connectivity index (χ0v) is 24.3. The SMILES string of the molecule is C=C/C=C\C(=C)C(=C)/C(=C\C=C)NC(=O)OC1CCN(CCc2ccc(CCNCc3ccc(F)c(O)c3)cc2)CC1. The van der Waals surface area contributed by atoms with E-state index >= 15 is 0 Å². The summed E-state index contributed by atoms with van der Waals surface area (Å²) in [6.45, 7) is 19.4. The van der Waals surface area contributed by atoms with Gasteiger partial charge in [0, 0.05) is 26.2 Å². The molecule has 1 fully saturated rings. The lowest BCUT2D eigenvalue weighted by atomic mass is 10.0. The lowest BCUT2D eigenvalue weighted by Gasteiger charge is -2.31. The van der Waals surface area contributed by atoms with E-state index in [4.69, 9.17) is 4.74 Å². The molecule has 0 radical (unpaired) electrons. The Labute approximate surface area is 249 Å². The van der Waals surface area contributed by atoms with E-state index in [0.717, 1.165) is 57.4 Å². The highest BCUT2D eigenvalue weighted by atomic mass is 19.1. The first-order valence-electron chi connectivity index (χ1n) is 14.2. The van der Waals surface area contributed by atoms with E-state index in [-0.39, 0.29) is 11.9 Å². The van der Waals surface area contributed by atoms with Crippen molar-refractivity contribution in [2.75, 3.05) is 26.2 Å². The number of alkyl carbamates (subject to hydrolysis) is 1. The van der Waals surface area contributed by atoms with E-state index in [9.17, 15) is 14.3 Å². The van der Waals surface area contributed by atoms with E-state index in [1.807, 2.05) is 0 Å². The largest absolute Gasteiger partial charge is 0.505 e. The van der Waals surface area contributed by atoms with Crippen LogP contribution >= 0.6 is 0 Å². The van der Waals surface area contributed by atoms with Crippen molar-refractivity contribution in [1.82, 2.24) is 15.5 Å². The summed E-state index contributed by atoms with van der Waals surface area (Å²) in [6.07, 6.45) is 11.2. The van der Waals surface area contributed by atoms with Crippen LogP contribution in [0.1, 0.15) is 29.5 Å². The Morgan fingerprint density at radius 1 is 1.02 bits per heavy atom. The molecule has 42 heavy (non-hydrogen) atoms. The fraction of sp³-hybridized carbons (Fsp3) is 0.286. The van der Waals surface area contributed by atoms with Crippen molar-refractivity contribution in [2.45, 2.75) is 38.3 Å². The summed E-state index contributed by atoms with van der Waals surface area (Å²) in [7, 11) is 0. The molecular weight excluding hydrogens is 529 g/mol. The summed E-state index contributed by atoms with van der Waals surface area (Å²) >= 11 is 0. The van der Waals surface area contributed by atoms with Crippen molar-refractivity contribution in [1.29, 1.82) is 0 Å². The van der Waals surface area contributed by atoms with Gasteiger partial charge in [0.1, 0.15) is 6.10 Å². The molecule has 1 heterocycles. The molecule has 0 unspecified atom stereocenters. The third-order valence-electron chi connectivity index (χ3n) is 7.15. The van der Waals surface area contributed by atoms with Crippen LogP contribution in [-0.2, 0) is 24.1 Å².